The molecule has 1 heterocycles. The second-order valence-corrected chi connectivity index (χ2v) is 8.24. The summed E-state index contributed by atoms with van der Waals surface area (Å²) in [7, 11) is 2.21. The van der Waals surface area contributed by atoms with Gasteiger partial charge in [-0.25, -0.2) is 4.98 Å². The van der Waals surface area contributed by atoms with Gasteiger partial charge in [0, 0.05) is 30.1 Å². The molecule has 4 heteroatoms. The Hall–Kier alpha value is -0.450. The van der Waals surface area contributed by atoms with E-state index < -0.39 is 0 Å². The van der Waals surface area contributed by atoms with E-state index in [9.17, 15) is 0 Å². The molecule has 0 saturated heterocycles. The summed E-state index contributed by atoms with van der Waals surface area (Å²) in [6.45, 7) is 16.6. The van der Waals surface area contributed by atoms with Crippen molar-refractivity contribution in [2.24, 2.45) is 5.41 Å². The summed E-state index contributed by atoms with van der Waals surface area (Å²) < 4.78 is 0. The predicted molar refractivity (Wildman–Crippen MR) is 89.3 cm³/mol. The molecule has 0 saturated carbocycles. The monoisotopic (exact) mass is 297 g/mol. The predicted octanol–water partition coefficient (Wildman–Crippen LogP) is 3.69. The van der Waals surface area contributed by atoms with E-state index in [4.69, 9.17) is 0 Å². The summed E-state index contributed by atoms with van der Waals surface area (Å²) >= 11 is 1.76. The lowest BCUT2D eigenvalue weighted by Crippen LogP contribution is -2.46. The van der Waals surface area contributed by atoms with Crippen molar-refractivity contribution in [2.75, 3.05) is 20.1 Å². The Morgan fingerprint density at radius 3 is 2.40 bits per heavy atom. The average Bonchev–Trinajstić information content (AvgIpc) is 2.72. The van der Waals surface area contributed by atoms with Gasteiger partial charge in [-0.05, 0) is 46.6 Å². The number of aromatic nitrogens is 1. The topological polar surface area (TPSA) is 28.2 Å². The summed E-state index contributed by atoms with van der Waals surface area (Å²) in [4.78, 5) is 8.14. The number of hydrogen-bond acceptors (Lipinski definition) is 4. The molecule has 0 bridgehead atoms. The van der Waals surface area contributed by atoms with E-state index in [1.807, 2.05) is 5.51 Å². The molecular weight excluding hydrogens is 266 g/mol. The van der Waals surface area contributed by atoms with Crippen molar-refractivity contribution < 1.29 is 0 Å². The van der Waals surface area contributed by atoms with Crippen LogP contribution in [0.15, 0.2) is 5.51 Å². The van der Waals surface area contributed by atoms with Crippen LogP contribution in [0.1, 0.15) is 51.6 Å². The molecular formula is C16H31N3S. The maximum absolute atomic E-state index is 4.33. The molecule has 1 aromatic heterocycles. The van der Waals surface area contributed by atoms with E-state index in [1.165, 1.54) is 17.0 Å². The zero-order valence-electron chi connectivity index (χ0n) is 14.2. The summed E-state index contributed by atoms with van der Waals surface area (Å²) in [5.41, 5.74) is 3.61. The molecule has 0 radical (unpaired) electrons. The second kappa shape index (κ2) is 7.01. The lowest BCUT2D eigenvalue weighted by atomic mass is 9.86. The van der Waals surface area contributed by atoms with Crippen LogP contribution in [0, 0.1) is 12.3 Å². The van der Waals surface area contributed by atoms with E-state index in [-0.39, 0.29) is 5.54 Å². The van der Waals surface area contributed by atoms with Crippen LogP contribution in [0.5, 0.6) is 0 Å². The molecule has 3 nitrogen and oxygen atoms in total. The van der Waals surface area contributed by atoms with Gasteiger partial charge in [0.05, 0.1) is 11.2 Å². The molecule has 1 atom stereocenters. The third-order valence-corrected chi connectivity index (χ3v) is 4.73. The van der Waals surface area contributed by atoms with Gasteiger partial charge in [0.15, 0.2) is 0 Å². The molecule has 20 heavy (non-hydrogen) atoms. The SMILES string of the molecule is CCC(C)(CNC(C)(C)C)CN(C)Cc1scnc1C. The first-order valence-corrected chi connectivity index (χ1v) is 8.36. The fourth-order valence-electron chi connectivity index (χ4n) is 2.20. The normalized spacial score (nSPS) is 15.6. The molecule has 1 rings (SSSR count). The number of hydrogen-bond donors (Lipinski definition) is 1. The molecule has 116 valence electrons. The van der Waals surface area contributed by atoms with Gasteiger partial charge >= 0.3 is 0 Å². The smallest absolute Gasteiger partial charge is 0.0798 e. The number of nitrogens with zero attached hydrogens (tertiary/aromatic N) is 2. The highest BCUT2D eigenvalue weighted by molar-refractivity contribution is 7.09. The number of rotatable bonds is 7. The minimum absolute atomic E-state index is 0.184. The molecule has 1 unspecified atom stereocenters. The van der Waals surface area contributed by atoms with E-state index >= 15 is 0 Å². The second-order valence-electron chi connectivity index (χ2n) is 7.30. The Labute approximate surface area is 128 Å². The zero-order chi connectivity index (χ0) is 15.4. The van der Waals surface area contributed by atoms with Crippen LogP contribution in [0.25, 0.3) is 0 Å². The van der Waals surface area contributed by atoms with Gasteiger partial charge in [0.25, 0.3) is 0 Å². The Balaban J connectivity index is 2.56. The van der Waals surface area contributed by atoms with Crippen LogP contribution in [-0.4, -0.2) is 35.6 Å². The molecule has 0 amide bonds. The maximum Gasteiger partial charge on any atom is 0.0798 e. The summed E-state index contributed by atoms with van der Waals surface area (Å²) in [5, 5.41) is 3.65. The van der Waals surface area contributed by atoms with Crippen molar-refractivity contribution >= 4 is 11.3 Å². The van der Waals surface area contributed by atoms with Crippen LogP contribution >= 0.6 is 11.3 Å². The van der Waals surface area contributed by atoms with Crippen molar-refractivity contribution in [3.63, 3.8) is 0 Å². The Morgan fingerprint density at radius 1 is 1.30 bits per heavy atom. The van der Waals surface area contributed by atoms with Gasteiger partial charge in [-0.3, -0.25) is 0 Å². The highest BCUT2D eigenvalue weighted by Gasteiger charge is 2.26. The minimum Gasteiger partial charge on any atom is -0.311 e. The van der Waals surface area contributed by atoms with Gasteiger partial charge in [-0.1, -0.05) is 13.8 Å². The van der Waals surface area contributed by atoms with E-state index in [0.717, 1.165) is 19.6 Å². The fourth-order valence-corrected chi connectivity index (χ4v) is 3.06. The Bertz CT molecular complexity index is 408. The van der Waals surface area contributed by atoms with Crippen molar-refractivity contribution in [3.8, 4) is 0 Å². The summed E-state index contributed by atoms with van der Waals surface area (Å²) in [6, 6.07) is 0. The van der Waals surface area contributed by atoms with Crippen LogP contribution < -0.4 is 5.32 Å². The number of nitrogens with one attached hydrogen (secondary N) is 1. The number of aryl methyl sites for hydroxylation is 1. The third-order valence-electron chi connectivity index (χ3n) is 3.81. The van der Waals surface area contributed by atoms with Crippen LogP contribution in [-0.2, 0) is 6.54 Å². The molecule has 0 aromatic carbocycles. The molecule has 1 N–H and O–H groups in total. The summed E-state index contributed by atoms with van der Waals surface area (Å²) in [6.07, 6.45) is 1.18. The molecule has 0 aliphatic carbocycles. The first-order chi connectivity index (χ1) is 9.15. The van der Waals surface area contributed by atoms with E-state index in [1.54, 1.807) is 11.3 Å². The standard InChI is InChI=1S/C16H31N3S/c1-8-16(6,10-18-15(3,4)5)11-19(7)9-14-13(2)17-12-20-14/h12,18H,8-11H2,1-7H3. The molecule has 0 fully saturated rings. The lowest BCUT2D eigenvalue weighted by molar-refractivity contribution is 0.164. The van der Waals surface area contributed by atoms with Crippen LogP contribution in [0.4, 0.5) is 0 Å². The van der Waals surface area contributed by atoms with Crippen molar-refractivity contribution in [1.82, 2.24) is 15.2 Å². The summed E-state index contributed by atoms with van der Waals surface area (Å²) in [5.74, 6) is 0. The molecule has 0 aliphatic rings. The fraction of sp³-hybridized carbons (Fsp3) is 0.812. The molecule has 1 aromatic rings. The van der Waals surface area contributed by atoms with Crippen molar-refractivity contribution in [1.29, 1.82) is 0 Å². The molecule has 0 spiro atoms. The van der Waals surface area contributed by atoms with Gasteiger partial charge in [0.1, 0.15) is 0 Å². The van der Waals surface area contributed by atoms with Gasteiger partial charge < -0.3 is 10.2 Å². The zero-order valence-corrected chi connectivity index (χ0v) is 15.0. The molecule has 0 aliphatic heterocycles. The Kier molecular flexibility index (Phi) is 6.17. The first-order valence-electron chi connectivity index (χ1n) is 7.48. The maximum atomic E-state index is 4.33. The van der Waals surface area contributed by atoms with Gasteiger partial charge in [0.2, 0.25) is 0 Å². The van der Waals surface area contributed by atoms with Crippen molar-refractivity contribution in [3.05, 3.63) is 16.1 Å². The van der Waals surface area contributed by atoms with Gasteiger partial charge in [-0.2, -0.15) is 0 Å². The quantitative estimate of drug-likeness (QED) is 0.832. The van der Waals surface area contributed by atoms with E-state index in [0.29, 0.717) is 5.41 Å². The van der Waals surface area contributed by atoms with E-state index in [2.05, 4.69) is 63.8 Å². The third kappa shape index (κ3) is 5.90. The largest absolute Gasteiger partial charge is 0.311 e. The lowest BCUT2D eigenvalue weighted by Gasteiger charge is -2.36. The number of thiazole rings is 1. The first kappa shape index (κ1) is 17.6. The van der Waals surface area contributed by atoms with Crippen LogP contribution in [0.2, 0.25) is 0 Å². The highest BCUT2D eigenvalue weighted by atomic mass is 32.1. The Morgan fingerprint density at radius 2 is 1.95 bits per heavy atom. The van der Waals surface area contributed by atoms with Gasteiger partial charge in [-0.15, -0.1) is 11.3 Å². The highest BCUT2D eigenvalue weighted by Crippen LogP contribution is 2.24. The van der Waals surface area contributed by atoms with Crippen LogP contribution in [0.3, 0.4) is 0 Å². The average molecular weight is 298 g/mol. The minimum atomic E-state index is 0.184. The van der Waals surface area contributed by atoms with Crippen molar-refractivity contribution in [2.45, 2.75) is 60.0 Å².